The van der Waals surface area contributed by atoms with Gasteiger partial charge >= 0.3 is 6.18 Å². The van der Waals surface area contributed by atoms with E-state index < -0.39 is 11.7 Å². The fourth-order valence-electron chi connectivity index (χ4n) is 1.03. The Bertz CT molecular complexity index is 333. The van der Waals surface area contributed by atoms with Crippen LogP contribution in [0.15, 0.2) is 22.7 Å². The van der Waals surface area contributed by atoms with Crippen LogP contribution in [-0.2, 0) is 6.18 Å². The number of benzene rings is 1. The molecule has 1 aromatic rings. The molecule has 0 aromatic heterocycles. The van der Waals surface area contributed by atoms with Gasteiger partial charge in [-0.3, -0.25) is 0 Å². The largest absolute Gasteiger partial charge is 0.416 e. The van der Waals surface area contributed by atoms with Gasteiger partial charge in [0.15, 0.2) is 0 Å². The molecule has 0 bridgehead atoms. The number of alkyl halides is 3. The zero-order valence-corrected chi connectivity index (χ0v) is 9.28. The highest BCUT2D eigenvalue weighted by Gasteiger charge is 2.31. The lowest BCUT2D eigenvalue weighted by atomic mass is 10.2. The highest BCUT2D eigenvalue weighted by Crippen LogP contribution is 2.34. The Balaban J connectivity index is 3.20. The van der Waals surface area contributed by atoms with Crippen LogP contribution < -0.4 is 4.90 Å². The molecule has 0 N–H and O–H groups in total. The zero-order chi connectivity index (χ0) is 10.9. The highest BCUT2D eigenvalue weighted by molar-refractivity contribution is 9.10. The van der Waals surface area contributed by atoms with Crippen LogP contribution in [0.2, 0.25) is 0 Å². The maximum atomic E-state index is 12.3. The van der Waals surface area contributed by atoms with Crippen molar-refractivity contribution in [2.45, 2.75) is 6.18 Å². The summed E-state index contributed by atoms with van der Waals surface area (Å²) in [4.78, 5) is 1.62. The van der Waals surface area contributed by atoms with Gasteiger partial charge in [0.25, 0.3) is 0 Å². The summed E-state index contributed by atoms with van der Waals surface area (Å²) in [6.45, 7) is 0. The first kappa shape index (κ1) is 11.4. The van der Waals surface area contributed by atoms with Crippen molar-refractivity contribution in [2.75, 3.05) is 19.0 Å². The van der Waals surface area contributed by atoms with Crippen molar-refractivity contribution < 1.29 is 13.2 Å². The predicted octanol–water partition coefficient (Wildman–Crippen LogP) is 3.53. The minimum absolute atomic E-state index is 0.514. The number of nitrogens with zero attached hydrogens (tertiary/aromatic N) is 1. The van der Waals surface area contributed by atoms with Gasteiger partial charge in [0.2, 0.25) is 0 Å². The molecule has 0 aliphatic heterocycles. The molecule has 0 unspecified atom stereocenters. The maximum Gasteiger partial charge on any atom is 0.416 e. The van der Waals surface area contributed by atoms with Crippen LogP contribution in [0.3, 0.4) is 0 Å². The summed E-state index contributed by atoms with van der Waals surface area (Å²) in [6.07, 6.45) is -4.29. The molecule has 0 atom stereocenters. The van der Waals surface area contributed by atoms with Crippen molar-refractivity contribution in [1.82, 2.24) is 0 Å². The van der Waals surface area contributed by atoms with E-state index in [-0.39, 0.29) is 0 Å². The average Bonchev–Trinajstić information content (AvgIpc) is 2.02. The van der Waals surface area contributed by atoms with Gasteiger partial charge in [-0.2, -0.15) is 13.2 Å². The van der Waals surface area contributed by atoms with E-state index in [1.165, 1.54) is 6.07 Å². The molecule has 0 amide bonds. The first-order chi connectivity index (χ1) is 6.32. The lowest BCUT2D eigenvalue weighted by molar-refractivity contribution is -0.137. The number of rotatable bonds is 1. The van der Waals surface area contributed by atoms with Gasteiger partial charge in [-0.1, -0.05) is 0 Å². The molecule has 0 saturated heterocycles. The highest BCUT2D eigenvalue weighted by atomic mass is 79.9. The van der Waals surface area contributed by atoms with Gasteiger partial charge in [0.1, 0.15) is 0 Å². The van der Waals surface area contributed by atoms with E-state index >= 15 is 0 Å². The molecule has 0 saturated carbocycles. The summed E-state index contributed by atoms with van der Waals surface area (Å²) < 4.78 is 37.6. The first-order valence-corrected chi connectivity index (χ1v) is 4.65. The van der Waals surface area contributed by atoms with Crippen molar-refractivity contribution in [3.05, 3.63) is 28.2 Å². The van der Waals surface area contributed by atoms with Crippen molar-refractivity contribution in [1.29, 1.82) is 0 Å². The van der Waals surface area contributed by atoms with Crippen LogP contribution in [-0.4, -0.2) is 14.1 Å². The van der Waals surface area contributed by atoms with Crippen LogP contribution in [0.25, 0.3) is 0 Å². The summed E-state index contributed by atoms with van der Waals surface area (Å²) in [6, 6.07) is 3.57. The first-order valence-electron chi connectivity index (χ1n) is 3.86. The molecular formula is C9H9BrF3N. The number of hydrogen-bond donors (Lipinski definition) is 0. The van der Waals surface area contributed by atoms with E-state index in [0.717, 1.165) is 12.1 Å². The third kappa shape index (κ3) is 2.41. The molecule has 0 spiro atoms. The van der Waals surface area contributed by atoms with Gasteiger partial charge < -0.3 is 4.90 Å². The molecule has 0 aliphatic rings. The summed E-state index contributed by atoms with van der Waals surface area (Å²) in [7, 11) is 3.39. The quantitative estimate of drug-likeness (QED) is 0.753. The lowest BCUT2D eigenvalue weighted by Gasteiger charge is -2.16. The molecule has 0 aliphatic carbocycles. The smallest absolute Gasteiger partial charge is 0.377 e. The fraction of sp³-hybridized carbons (Fsp3) is 0.333. The van der Waals surface area contributed by atoms with Crippen LogP contribution in [0.4, 0.5) is 18.9 Å². The van der Waals surface area contributed by atoms with E-state index in [9.17, 15) is 13.2 Å². The minimum Gasteiger partial charge on any atom is -0.377 e. The second-order valence-electron chi connectivity index (χ2n) is 3.06. The fourth-order valence-corrected chi connectivity index (χ4v) is 1.63. The van der Waals surface area contributed by atoms with Gasteiger partial charge in [0.05, 0.1) is 11.3 Å². The predicted molar refractivity (Wildman–Crippen MR) is 53.5 cm³/mol. The van der Waals surface area contributed by atoms with Crippen molar-refractivity contribution >= 4 is 21.6 Å². The number of hydrogen-bond acceptors (Lipinski definition) is 1. The van der Waals surface area contributed by atoms with Crippen LogP contribution in [0.1, 0.15) is 5.56 Å². The van der Waals surface area contributed by atoms with E-state index in [0.29, 0.717) is 10.2 Å². The van der Waals surface area contributed by atoms with E-state index in [4.69, 9.17) is 0 Å². The normalized spacial score (nSPS) is 11.6. The van der Waals surface area contributed by atoms with Crippen LogP contribution >= 0.6 is 15.9 Å². The van der Waals surface area contributed by atoms with Gasteiger partial charge in [-0.15, -0.1) is 0 Å². The van der Waals surface area contributed by atoms with Crippen LogP contribution in [0, 0.1) is 0 Å². The Kier molecular flexibility index (Phi) is 3.09. The summed E-state index contributed by atoms with van der Waals surface area (Å²) in [5.74, 6) is 0. The van der Waals surface area contributed by atoms with E-state index in [1.54, 1.807) is 19.0 Å². The Morgan fingerprint density at radius 2 is 1.79 bits per heavy atom. The third-order valence-electron chi connectivity index (χ3n) is 1.76. The second-order valence-corrected chi connectivity index (χ2v) is 3.91. The maximum absolute atomic E-state index is 12.3. The Morgan fingerprint density at radius 1 is 1.21 bits per heavy atom. The average molecular weight is 268 g/mol. The van der Waals surface area contributed by atoms with E-state index in [1.807, 2.05) is 0 Å². The SMILES string of the molecule is CN(C)c1cc(C(F)(F)F)ccc1Br. The lowest BCUT2D eigenvalue weighted by Crippen LogP contribution is -2.12. The summed E-state index contributed by atoms with van der Waals surface area (Å²) >= 11 is 3.19. The topological polar surface area (TPSA) is 3.24 Å². The molecule has 0 heterocycles. The zero-order valence-electron chi connectivity index (χ0n) is 7.69. The molecule has 5 heteroatoms. The monoisotopic (exact) mass is 267 g/mol. The molecule has 1 nitrogen and oxygen atoms in total. The molecule has 14 heavy (non-hydrogen) atoms. The van der Waals surface area contributed by atoms with Gasteiger partial charge in [-0.05, 0) is 34.1 Å². The number of anilines is 1. The summed E-state index contributed by atoms with van der Waals surface area (Å²) in [5, 5.41) is 0. The molecule has 1 aromatic carbocycles. The Hall–Kier alpha value is -0.710. The number of halogens is 4. The molecular weight excluding hydrogens is 259 g/mol. The Morgan fingerprint density at radius 3 is 2.21 bits per heavy atom. The van der Waals surface area contributed by atoms with Gasteiger partial charge in [-0.25, -0.2) is 0 Å². The summed E-state index contributed by atoms with van der Waals surface area (Å²) in [5.41, 5.74) is -0.121. The van der Waals surface area contributed by atoms with Crippen molar-refractivity contribution in [2.24, 2.45) is 0 Å². The van der Waals surface area contributed by atoms with E-state index in [2.05, 4.69) is 15.9 Å². The standard InChI is InChI=1S/C9H9BrF3N/c1-14(2)8-5-6(9(11,12)13)3-4-7(8)10/h3-5H,1-2H3. The van der Waals surface area contributed by atoms with Crippen molar-refractivity contribution in [3.63, 3.8) is 0 Å². The molecule has 0 fully saturated rings. The van der Waals surface area contributed by atoms with Crippen LogP contribution in [0.5, 0.6) is 0 Å². The van der Waals surface area contributed by atoms with Crippen molar-refractivity contribution in [3.8, 4) is 0 Å². The molecule has 0 radical (unpaired) electrons. The molecule has 78 valence electrons. The third-order valence-corrected chi connectivity index (χ3v) is 2.43. The Labute approximate surface area is 88.7 Å². The second kappa shape index (κ2) is 3.81. The minimum atomic E-state index is -4.29. The molecule has 1 rings (SSSR count). The van der Waals surface area contributed by atoms with Gasteiger partial charge in [0, 0.05) is 18.6 Å².